The molecule has 2 amide bonds. The summed E-state index contributed by atoms with van der Waals surface area (Å²) >= 11 is 5.98. The van der Waals surface area contributed by atoms with Gasteiger partial charge in [-0.05, 0) is 50.8 Å². The molecule has 0 heterocycles. The maximum atomic E-state index is 12.4. The zero-order valence-electron chi connectivity index (χ0n) is 17.4. The molecule has 2 atom stereocenters. The number of carboxylic acid groups (broad SMARTS) is 1. The van der Waals surface area contributed by atoms with Crippen LogP contribution in [0.3, 0.4) is 0 Å². The quantitative estimate of drug-likeness (QED) is 0.410. The molecule has 0 aromatic heterocycles. The van der Waals surface area contributed by atoms with Crippen LogP contribution < -0.4 is 21.1 Å². The van der Waals surface area contributed by atoms with Crippen molar-refractivity contribution < 1.29 is 24.2 Å². The molecule has 0 bridgehead atoms. The van der Waals surface area contributed by atoms with Gasteiger partial charge in [-0.1, -0.05) is 35.4 Å². The smallest absolute Gasteiger partial charge is 0.341 e. The molecule has 0 radical (unpaired) electrons. The Balaban J connectivity index is 1.83. The lowest BCUT2D eigenvalue weighted by Gasteiger charge is -2.18. The van der Waals surface area contributed by atoms with Crippen molar-refractivity contribution in [2.45, 2.75) is 51.2 Å². The van der Waals surface area contributed by atoms with E-state index in [0.717, 1.165) is 12.8 Å². The van der Waals surface area contributed by atoms with E-state index < -0.39 is 36.5 Å². The van der Waals surface area contributed by atoms with Crippen LogP contribution in [-0.4, -0.2) is 41.6 Å². The van der Waals surface area contributed by atoms with E-state index in [-0.39, 0.29) is 6.54 Å². The highest BCUT2D eigenvalue weighted by atomic mass is 35.5. The van der Waals surface area contributed by atoms with Crippen molar-refractivity contribution in [3.8, 4) is 5.75 Å². The van der Waals surface area contributed by atoms with Crippen LogP contribution in [-0.2, 0) is 20.9 Å². The molecule has 8 nitrogen and oxygen atoms in total. The number of amides is 2. The number of hydrogen-bond acceptors (Lipinski definition) is 5. The summed E-state index contributed by atoms with van der Waals surface area (Å²) in [5.41, 5.74) is 7.66. The van der Waals surface area contributed by atoms with E-state index >= 15 is 0 Å². The highest BCUT2D eigenvalue weighted by Crippen LogP contribution is 2.23. The van der Waals surface area contributed by atoms with E-state index in [0.29, 0.717) is 29.2 Å². The first kappa shape index (κ1) is 24.4. The summed E-state index contributed by atoms with van der Waals surface area (Å²) in [6.45, 7) is 1.10. The second kappa shape index (κ2) is 12.1. The molecule has 0 aliphatic heterocycles. The predicted octanol–water partition coefficient (Wildman–Crippen LogP) is 2.31. The Morgan fingerprint density at radius 2 is 2.03 bits per heavy atom. The molecule has 2 rings (SSSR count). The van der Waals surface area contributed by atoms with Gasteiger partial charge in [0.1, 0.15) is 11.8 Å². The number of benzene rings is 1. The van der Waals surface area contributed by atoms with Crippen molar-refractivity contribution in [3.63, 3.8) is 0 Å². The van der Waals surface area contributed by atoms with Crippen molar-refractivity contribution in [1.29, 1.82) is 0 Å². The topological polar surface area (TPSA) is 131 Å². The number of ether oxygens (including phenoxy) is 1. The fraction of sp³-hybridized carbons (Fsp3) is 0.409. The molecular weight excluding hydrogens is 422 g/mol. The maximum absolute atomic E-state index is 12.4. The van der Waals surface area contributed by atoms with Gasteiger partial charge in [0.05, 0.1) is 6.04 Å². The van der Waals surface area contributed by atoms with Crippen LogP contribution in [0.1, 0.15) is 38.2 Å². The minimum absolute atomic E-state index is 0.0566. The lowest BCUT2D eigenvalue weighted by atomic mass is 10.00. The Kier molecular flexibility index (Phi) is 9.55. The Bertz CT molecular complexity index is 869. The molecule has 168 valence electrons. The molecule has 0 fully saturated rings. The number of nitrogens with one attached hydrogen (secondary N) is 2. The number of nitrogens with two attached hydrogens (primary N) is 1. The number of carbonyl (C=O) groups is 3. The molecule has 31 heavy (non-hydrogen) atoms. The van der Waals surface area contributed by atoms with Crippen molar-refractivity contribution in [2.75, 3.05) is 6.61 Å². The minimum Gasteiger partial charge on any atom is -0.482 e. The summed E-state index contributed by atoms with van der Waals surface area (Å²) in [6.07, 6.45) is 9.53. The normalized spacial score (nSPS) is 14.9. The average molecular weight is 450 g/mol. The molecule has 0 saturated heterocycles. The van der Waals surface area contributed by atoms with Crippen LogP contribution in [0.25, 0.3) is 0 Å². The van der Waals surface area contributed by atoms with E-state index in [4.69, 9.17) is 27.2 Å². The lowest BCUT2D eigenvalue weighted by Crippen LogP contribution is -2.50. The van der Waals surface area contributed by atoms with Gasteiger partial charge in [0, 0.05) is 17.1 Å². The van der Waals surface area contributed by atoms with Gasteiger partial charge in [0.2, 0.25) is 11.8 Å². The molecule has 9 heteroatoms. The third-order valence-electron chi connectivity index (χ3n) is 4.73. The van der Waals surface area contributed by atoms with Gasteiger partial charge in [-0.25, -0.2) is 4.79 Å². The van der Waals surface area contributed by atoms with E-state index in [9.17, 15) is 14.4 Å². The van der Waals surface area contributed by atoms with Crippen LogP contribution in [0.4, 0.5) is 0 Å². The second-order valence-electron chi connectivity index (χ2n) is 7.29. The molecule has 5 N–H and O–H groups in total. The van der Waals surface area contributed by atoms with Gasteiger partial charge < -0.3 is 26.2 Å². The highest BCUT2D eigenvalue weighted by molar-refractivity contribution is 6.30. The molecule has 0 unspecified atom stereocenters. The fourth-order valence-electron chi connectivity index (χ4n) is 2.99. The number of hydrogen-bond donors (Lipinski definition) is 4. The number of carbonyl (C=O) groups excluding carboxylic acids is 2. The van der Waals surface area contributed by atoms with E-state index in [1.54, 1.807) is 19.1 Å². The molecule has 0 spiro atoms. The van der Waals surface area contributed by atoms with Gasteiger partial charge >= 0.3 is 5.97 Å². The van der Waals surface area contributed by atoms with Crippen LogP contribution >= 0.6 is 11.6 Å². The number of rotatable bonds is 11. The highest BCUT2D eigenvalue weighted by Gasteiger charge is 2.20. The molecule has 1 aromatic rings. The average Bonchev–Trinajstić information content (AvgIpc) is 2.75. The van der Waals surface area contributed by atoms with Gasteiger partial charge in [-0.15, -0.1) is 0 Å². The van der Waals surface area contributed by atoms with Gasteiger partial charge in [0.15, 0.2) is 6.61 Å². The lowest BCUT2D eigenvalue weighted by molar-refractivity contribution is -0.139. The molecule has 1 aliphatic carbocycles. The fourth-order valence-corrected chi connectivity index (χ4v) is 3.19. The van der Waals surface area contributed by atoms with Crippen molar-refractivity contribution >= 4 is 29.4 Å². The van der Waals surface area contributed by atoms with Crippen LogP contribution in [0.15, 0.2) is 42.0 Å². The minimum atomic E-state index is -1.12. The maximum Gasteiger partial charge on any atom is 0.341 e. The summed E-state index contributed by atoms with van der Waals surface area (Å²) in [5.74, 6) is -1.62. The van der Waals surface area contributed by atoms with E-state index in [2.05, 4.69) is 28.9 Å². The monoisotopic (exact) mass is 449 g/mol. The summed E-state index contributed by atoms with van der Waals surface area (Å²) in [5, 5.41) is 14.5. The van der Waals surface area contributed by atoms with E-state index in [1.807, 2.05) is 0 Å². The number of allylic oxidation sites excluding steroid dienone is 4. The number of halogens is 1. The largest absolute Gasteiger partial charge is 0.482 e. The molecule has 1 aliphatic rings. The first-order valence-electron chi connectivity index (χ1n) is 10.1. The molecule has 0 saturated carbocycles. The van der Waals surface area contributed by atoms with Crippen LogP contribution in [0, 0.1) is 0 Å². The van der Waals surface area contributed by atoms with Crippen molar-refractivity contribution in [1.82, 2.24) is 10.6 Å². The van der Waals surface area contributed by atoms with Gasteiger partial charge in [0.25, 0.3) is 0 Å². The van der Waals surface area contributed by atoms with Crippen LogP contribution in [0.5, 0.6) is 5.75 Å². The molecular formula is C22H28ClN3O5. The van der Waals surface area contributed by atoms with Crippen LogP contribution in [0.2, 0.25) is 5.02 Å². The summed E-state index contributed by atoms with van der Waals surface area (Å²) in [7, 11) is 0. The first-order chi connectivity index (χ1) is 14.8. The zero-order valence-corrected chi connectivity index (χ0v) is 18.2. The first-order valence-corrected chi connectivity index (χ1v) is 10.5. The summed E-state index contributed by atoms with van der Waals surface area (Å²) in [4.78, 5) is 35.4. The Morgan fingerprint density at radius 1 is 1.26 bits per heavy atom. The third-order valence-corrected chi connectivity index (χ3v) is 4.97. The molecule has 1 aromatic carbocycles. The Hall–Kier alpha value is -2.84. The Labute approximate surface area is 186 Å². The van der Waals surface area contributed by atoms with Gasteiger partial charge in [-0.2, -0.15) is 0 Å². The number of carboxylic acids is 1. The number of aliphatic carboxylic acids is 1. The van der Waals surface area contributed by atoms with Gasteiger partial charge in [-0.3, -0.25) is 9.59 Å². The van der Waals surface area contributed by atoms with Crippen molar-refractivity contribution in [3.05, 3.63) is 52.6 Å². The standard InChI is InChI=1S/C22H28ClN3O5/c1-14(26-22(30)18(24)9-7-15-5-3-2-4-6-15)21(29)25-12-16-11-17(23)8-10-19(16)31-13-20(27)28/h3,5-6,8,10-11,14,18H,2,4,7,9,12-13,24H2,1H3,(H,25,29)(H,26,30)(H,27,28)/t14-,18+/m0/s1. The second-order valence-corrected chi connectivity index (χ2v) is 7.72. The Morgan fingerprint density at radius 3 is 2.71 bits per heavy atom. The summed E-state index contributed by atoms with van der Waals surface area (Å²) in [6, 6.07) is 3.17. The zero-order chi connectivity index (χ0) is 22.8. The predicted molar refractivity (Wildman–Crippen MR) is 118 cm³/mol. The van der Waals surface area contributed by atoms with Crippen molar-refractivity contribution in [2.24, 2.45) is 5.73 Å². The third kappa shape index (κ3) is 8.43. The SMILES string of the molecule is C[C@H](NC(=O)[C@H](N)CCC1=CCCC=C1)C(=O)NCc1cc(Cl)ccc1OCC(=O)O. The summed E-state index contributed by atoms with van der Waals surface area (Å²) < 4.78 is 5.21. The van der Waals surface area contributed by atoms with E-state index in [1.165, 1.54) is 11.6 Å².